The Hall–Kier alpha value is -3.83. The van der Waals surface area contributed by atoms with Crippen molar-refractivity contribution in [1.29, 1.82) is 0 Å². The predicted molar refractivity (Wildman–Crippen MR) is 182 cm³/mol. The first-order valence-corrected chi connectivity index (χ1v) is 18.3. The van der Waals surface area contributed by atoms with Crippen LogP contribution in [0.4, 0.5) is 52.7 Å². The number of nitrogens with zero attached hydrogens (tertiary/aromatic N) is 4. The van der Waals surface area contributed by atoms with Crippen LogP contribution in [0.5, 0.6) is 0 Å². The number of piperidine rings is 2. The minimum Gasteiger partial charge on any atom is -0.335 e. The van der Waals surface area contributed by atoms with Gasteiger partial charge in [-0.1, -0.05) is 30.3 Å². The number of alkyl halides is 12. The van der Waals surface area contributed by atoms with Crippen molar-refractivity contribution in [2.75, 3.05) is 45.8 Å². The average Bonchev–Trinajstić information content (AvgIpc) is 3.14. The maximum absolute atomic E-state index is 13.8. The van der Waals surface area contributed by atoms with Crippen molar-refractivity contribution in [3.05, 3.63) is 106 Å². The topological polar surface area (TPSA) is 30.0 Å². The third-order valence-corrected chi connectivity index (χ3v) is 11.1. The van der Waals surface area contributed by atoms with E-state index in [1.54, 1.807) is 0 Å². The molecule has 3 aliphatic rings. The third kappa shape index (κ3) is 10.2. The molecule has 306 valence electrons. The van der Waals surface area contributed by atoms with E-state index in [0.29, 0.717) is 83.5 Å². The number of benzene rings is 3. The summed E-state index contributed by atoms with van der Waals surface area (Å²) < 4.78 is 162. The van der Waals surface area contributed by atoms with Gasteiger partial charge >= 0.3 is 24.7 Å². The molecule has 5 nitrogen and oxygen atoms in total. The Morgan fingerprint density at radius 3 is 1.46 bits per heavy atom. The highest BCUT2D eigenvalue weighted by atomic mass is 19.4. The molecule has 3 aromatic rings. The van der Waals surface area contributed by atoms with Gasteiger partial charge in [-0.15, -0.1) is 0 Å². The molecule has 0 aromatic heterocycles. The molecule has 0 N–H and O–H groups in total. The van der Waals surface area contributed by atoms with Crippen LogP contribution in [0.1, 0.15) is 69.4 Å². The lowest BCUT2D eigenvalue weighted by molar-refractivity contribution is -0.144. The first-order chi connectivity index (χ1) is 26.1. The molecular formula is C39H40F12N4O. The van der Waals surface area contributed by atoms with Crippen LogP contribution in [0, 0.1) is 0 Å². The normalized spacial score (nSPS) is 21.8. The second-order valence-electron chi connectivity index (χ2n) is 14.8. The molecule has 0 bridgehead atoms. The predicted octanol–water partition coefficient (Wildman–Crippen LogP) is 9.26. The van der Waals surface area contributed by atoms with Crippen LogP contribution < -0.4 is 0 Å². The molecule has 6 rings (SSSR count). The number of piperazine rings is 1. The van der Waals surface area contributed by atoms with Gasteiger partial charge in [0.1, 0.15) is 0 Å². The Bertz CT molecular complexity index is 1750. The van der Waals surface area contributed by atoms with E-state index in [9.17, 15) is 57.5 Å². The number of hydrogen-bond donors (Lipinski definition) is 0. The number of carbonyl (C=O) groups excluding carboxylic acids is 1. The number of rotatable bonds is 7. The average molecular weight is 809 g/mol. The van der Waals surface area contributed by atoms with E-state index in [1.165, 1.54) is 4.90 Å². The molecule has 3 aromatic carbocycles. The van der Waals surface area contributed by atoms with Crippen LogP contribution in [0.3, 0.4) is 0 Å². The summed E-state index contributed by atoms with van der Waals surface area (Å²) in [5, 5.41) is 0. The maximum Gasteiger partial charge on any atom is 0.416 e. The van der Waals surface area contributed by atoms with Gasteiger partial charge in [-0.05, 0) is 92.7 Å². The van der Waals surface area contributed by atoms with E-state index in [4.69, 9.17) is 0 Å². The number of amides is 1. The zero-order valence-corrected chi connectivity index (χ0v) is 30.0. The molecule has 1 amide bonds. The van der Waals surface area contributed by atoms with Gasteiger partial charge in [0.2, 0.25) is 0 Å². The molecule has 3 aliphatic heterocycles. The smallest absolute Gasteiger partial charge is 0.335 e. The van der Waals surface area contributed by atoms with Gasteiger partial charge in [-0.25, -0.2) is 0 Å². The van der Waals surface area contributed by atoms with Crippen LogP contribution >= 0.6 is 0 Å². The first-order valence-electron chi connectivity index (χ1n) is 18.3. The number of halogens is 12. The Morgan fingerprint density at radius 1 is 0.536 bits per heavy atom. The zero-order valence-electron chi connectivity index (χ0n) is 30.0. The first kappa shape index (κ1) is 41.8. The minimum atomic E-state index is -5.09. The summed E-state index contributed by atoms with van der Waals surface area (Å²) in [6, 6.07) is 11.4. The summed E-state index contributed by atoms with van der Waals surface area (Å²) in [5.74, 6) is -0.897. The van der Waals surface area contributed by atoms with Crippen LogP contribution in [-0.2, 0) is 37.7 Å². The molecule has 56 heavy (non-hydrogen) atoms. The highest BCUT2D eigenvalue weighted by Gasteiger charge is 2.41. The second-order valence-corrected chi connectivity index (χ2v) is 14.8. The summed E-state index contributed by atoms with van der Waals surface area (Å²) in [5.41, 5.74) is -5.65. The Morgan fingerprint density at radius 2 is 0.982 bits per heavy atom. The lowest BCUT2D eigenvalue weighted by Gasteiger charge is -2.48. The van der Waals surface area contributed by atoms with Gasteiger partial charge in [0.05, 0.1) is 22.3 Å². The summed E-state index contributed by atoms with van der Waals surface area (Å²) >= 11 is 0. The van der Waals surface area contributed by atoms with Gasteiger partial charge < -0.3 is 4.90 Å². The van der Waals surface area contributed by atoms with E-state index < -0.39 is 64.5 Å². The van der Waals surface area contributed by atoms with E-state index in [1.807, 2.05) is 35.2 Å². The number of likely N-dealkylation sites (tertiary alicyclic amines) is 2. The Balaban J connectivity index is 1.08. The van der Waals surface area contributed by atoms with Crippen LogP contribution in [0.25, 0.3) is 0 Å². The molecule has 3 fully saturated rings. The monoisotopic (exact) mass is 808 g/mol. The Kier molecular flexibility index (Phi) is 12.1. The maximum atomic E-state index is 13.8. The van der Waals surface area contributed by atoms with Crippen LogP contribution in [-0.4, -0.2) is 89.4 Å². The quantitative estimate of drug-likeness (QED) is 0.223. The van der Waals surface area contributed by atoms with Crippen LogP contribution in [0.2, 0.25) is 0 Å². The van der Waals surface area contributed by atoms with E-state index >= 15 is 0 Å². The van der Waals surface area contributed by atoms with Gasteiger partial charge in [0, 0.05) is 63.0 Å². The minimum absolute atomic E-state index is 0.00180. The molecule has 0 saturated carbocycles. The standard InChI is InChI=1S/C39H40F12N4O/c40-36(41,42)28-16-26(17-29(21-28)37(43,44)45)24-52-9-6-32(7-10-52)53-12-14-54(15-13-53)33-8-11-55(34(23-33)18-25-4-2-1-3-5-25)35(56)27-19-30(38(46,47)48)22-31(20-27)39(49,50)51/h1-5,16-17,19-22,32-34H,6-15,18,23-24H2. The molecule has 3 saturated heterocycles. The van der Waals surface area contributed by atoms with Gasteiger partial charge in [0.25, 0.3) is 5.91 Å². The van der Waals surface area contributed by atoms with Crippen molar-refractivity contribution in [3.8, 4) is 0 Å². The third-order valence-electron chi connectivity index (χ3n) is 11.1. The number of carbonyl (C=O) groups is 1. The number of hydrogen-bond acceptors (Lipinski definition) is 4. The summed E-state index contributed by atoms with van der Waals surface area (Å²) in [4.78, 5) is 21.6. The SMILES string of the molecule is O=C(c1cc(C(F)(F)F)cc(C(F)(F)F)c1)N1CCC(N2CCN(C3CCN(Cc4cc(C(F)(F)F)cc(C(F)(F)F)c4)CC3)CC2)CC1Cc1ccccc1. The molecule has 0 aliphatic carbocycles. The molecule has 17 heteroatoms. The van der Waals surface area contributed by atoms with Crippen molar-refractivity contribution in [3.63, 3.8) is 0 Å². The molecule has 2 unspecified atom stereocenters. The summed E-state index contributed by atoms with van der Waals surface area (Å²) in [7, 11) is 0. The summed E-state index contributed by atoms with van der Waals surface area (Å²) in [6.45, 7) is 3.80. The molecule has 2 atom stereocenters. The van der Waals surface area contributed by atoms with Gasteiger partial charge in [0.15, 0.2) is 0 Å². The van der Waals surface area contributed by atoms with Gasteiger partial charge in [-0.2, -0.15) is 52.7 Å². The molecule has 0 radical (unpaired) electrons. The second kappa shape index (κ2) is 16.2. The molecule has 0 spiro atoms. The van der Waals surface area contributed by atoms with Crippen molar-refractivity contribution >= 4 is 5.91 Å². The van der Waals surface area contributed by atoms with E-state index in [-0.39, 0.29) is 42.9 Å². The van der Waals surface area contributed by atoms with E-state index in [0.717, 1.165) is 17.7 Å². The fraction of sp³-hybridized carbons (Fsp3) is 0.513. The van der Waals surface area contributed by atoms with Crippen molar-refractivity contribution in [2.24, 2.45) is 0 Å². The Labute approximate surface area is 315 Å². The fourth-order valence-electron chi connectivity index (χ4n) is 8.23. The highest BCUT2D eigenvalue weighted by Crippen LogP contribution is 2.39. The summed E-state index contributed by atoms with van der Waals surface area (Å²) in [6.07, 6.45) is -17.4. The van der Waals surface area contributed by atoms with Crippen LogP contribution in [0.15, 0.2) is 66.7 Å². The fourth-order valence-corrected chi connectivity index (χ4v) is 8.23. The largest absolute Gasteiger partial charge is 0.416 e. The lowest BCUT2D eigenvalue weighted by Crippen LogP contribution is -2.58. The van der Waals surface area contributed by atoms with Gasteiger partial charge in [-0.3, -0.25) is 19.5 Å². The highest BCUT2D eigenvalue weighted by molar-refractivity contribution is 5.95. The zero-order chi connectivity index (χ0) is 40.6. The lowest BCUT2D eigenvalue weighted by atomic mass is 9.90. The van der Waals surface area contributed by atoms with Crippen molar-refractivity contribution in [2.45, 2.75) is 81.5 Å². The van der Waals surface area contributed by atoms with Crippen molar-refractivity contribution in [1.82, 2.24) is 19.6 Å². The van der Waals surface area contributed by atoms with Crippen molar-refractivity contribution < 1.29 is 57.5 Å². The van der Waals surface area contributed by atoms with E-state index in [2.05, 4.69) is 9.80 Å². The molecular weight excluding hydrogens is 768 g/mol. The molecule has 3 heterocycles.